The molecule has 0 aliphatic heterocycles. The van der Waals surface area contributed by atoms with Crippen molar-refractivity contribution < 1.29 is 23.8 Å². The van der Waals surface area contributed by atoms with Crippen molar-refractivity contribution in [3.05, 3.63) is 35.6 Å². The minimum Gasteiger partial charge on any atom is -0.392 e. The van der Waals surface area contributed by atoms with Gasteiger partial charge in [-0.1, -0.05) is 32.9 Å². The van der Waals surface area contributed by atoms with E-state index < -0.39 is 6.10 Å². The zero-order chi connectivity index (χ0) is 23.5. The van der Waals surface area contributed by atoms with Crippen LogP contribution in [0.25, 0.3) is 0 Å². The quantitative estimate of drug-likeness (QED) is 0.598. The van der Waals surface area contributed by atoms with Crippen LogP contribution in [0.3, 0.4) is 0 Å². The molecule has 2 amide bonds. The van der Waals surface area contributed by atoms with Crippen molar-refractivity contribution in [3.63, 3.8) is 0 Å². The number of nitrogens with one attached hydrogen (secondary N) is 2. The maximum Gasteiger partial charge on any atom is 0.246 e. The first-order valence-corrected chi connectivity index (χ1v) is 11.6. The van der Waals surface area contributed by atoms with Gasteiger partial charge < -0.3 is 20.5 Å². The monoisotopic (exact) mass is 448 g/mol. The van der Waals surface area contributed by atoms with Gasteiger partial charge in [0.1, 0.15) is 12.4 Å². The third-order valence-corrected chi connectivity index (χ3v) is 7.95. The molecule has 0 spiro atoms. The van der Waals surface area contributed by atoms with Gasteiger partial charge in [-0.05, 0) is 66.5 Å². The van der Waals surface area contributed by atoms with E-state index in [1.54, 1.807) is 12.1 Å². The topological polar surface area (TPSA) is 87.7 Å². The van der Waals surface area contributed by atoms with E-state index in [0.29, 0.717) is 6.54 Å². The largest absolute Gasteiger partial charge is 0.392 e. The molecule has 3 N–H and O–H groups in total. The van der Waals surface area contributed by atoms with Crippen LogP contribution in [-0.2, 0) is 20.9 Å². The van der Waals surface area contributed by atoms with Gasteiger partial charge in [-0.15, -0.1) is 0 Å². The Morgan fingerprint density at radius 2 is 1.91 bits per heavy atom. The minimum absolute atomic E-state index is 0.00211. The highest BCUT2D eigenvalue weighted by atomic mass is 19.1. The summed E-state index contributed by atoms with van der Waals surface area (Å²) in [6.45, 7) is 6.58. The summed E-state index contributed by atoms with van der Waals surface area (Å²) in [5.74, 6) is -0.918. The number of hydrogen-bond donors (Lipinski definition) is 3. The number of fused-ring (bicyclic) bond motifs is 1. The highest BCUT2D eigenvalue weighted by Gasteiger charge is 2.53. The molecule has 7 heteroatoms. The van der Waals surface area contributed by atoms with Gasteiger partial charge in [0.25, 0.3) is 0 Å². The Morgan fingerprint density at radius 1 is 1.25 bits per heavy atom. The summed E-state index contributed by atoms with van der Waals surface area (Å²) in [7, 11) is 1.50. The van der Waals surface area contributed by atoms with Gasteiger partial charge in [0.05, 0.1) is 6.10 Å². The van der Waals surface area contributed by atoms with Crippen LogP contribution >= 0.6 is 0 Å². The van der Waals surface area contributed by atoms with Crippen LogP contribution in [0.15, 0.2) is 24.3 Å². The molecule has 0 radical (unpaired) electrons. The molecule has 0 unspecified atom stereocenters. The number of benzene rings is 1. The first-order chi connectivity index (χ1) is 15.2. The lowest BCUT2D eigenvalue weighted by Gasteiger charge is -2.56. The van der Waals surface area contributed by atoms with Crippen LogP contribution in [0.2, 0.25) is 0 Å². The summed E-state index contributed by atoms with van der Waals surface area (Å²) in [6, 6.07) is 6.06. The molecule has 0 bridgehead atoms. The molecule has 2 fully saturated rings. The highest BCUT2D eigenvalue weighted by molar-refractivity contribution is 5.78. The predicted molar refractivity (Wildman–Crippen MR) is 120 cm³/mol. The van der Waals surface area contributed by atoms with E-state index in [2.05, 4.69) is 24.5 Å². The Labute approximate surface area is 190 Å². The molecule has 3 rings (SSSR count). The Bertz CT molecular complexity index is 802. The summed E-state index contributed by atoms with van der Waals surface area (Å²) in [4.78, 5) is 24.9. The Hall–Kier alpha value is -1.99. The predicted octanol–water partition coefficient (Wildman–Crippen LogP) is 3.03. The number of halogens is 1. The summed E-state index contributed by atoms with van der Waals surface area (Å²) >= 11 is 0. The Morgan fingerprint density at radius 3 is 2.56 bits per heavy atom. The van der Waals surface area contributed by atoms with E-state index in [4.69, 9.17) is 4.74 Å². The molecule has 1 aromatic carbocycles. The average molecular weight is 449 g/mol. The van der Waals surface area contributed by atoms with E-state index in [1.807, 2.05) is 6.92 Å². The summed E-state index contributed by atoms with van der Waals surface area (Å²) in [6.07, 6.45) is 2.96. The van der Waals surface area contributed by atoms with E-state index in [-0.39, 0.29) is 59.4 Å². The second-order valence-electron chi connectivity index (χ2n) is 10.0. The van der Waals surface area contributed by atoms with Crippen molar-refractivity contribution in [3.8, 4) is 0 Å². The first-order valence-electron chi connectivity index (χ1n) is 11.6. The number of ether oxygens (including phenoxy) is 1. The number of methoxy groups -OCH3 is 1. The lowest BCUT2D eigenvalue weighted by Crippen LogP contribution is -2.58. The van der Waals surface area contributed by atoms with E-state index in [0.717, 1.165) is 31.2 Å². The fourth-order valence-electron chi connectivity index (χ4n) is 6.02. The normalized spacial score (nSPS) is 33.1. The molecule has 2 aliphatic rings. The van der Waals surface area contributed by atoms with Crippen molar-refractivity contribution in [2.45, 2.75) is 65.1 Å². The van der Waals surface area contributed by atoms with Crippen LogP contribution < -0.4 is 10.6 Å². The second-order valence-corrected chi connectivity index (χ2v) is 10.0. The maximum absolute atomic E-state index is 13.1. The molecule has 32 heavy (non-hydrogen) atoms. The molecule has 178 valence electrons. The minimum atomic E-state index is -0.613. The average Bonchev–Trinajstić information content (AvgIpc) is 2.75. The van der Waals surface area contributed by atoms with Crippen molar-refractivity contribution in [2.24, 2.45) is 29.1 Å². The van der Waals surface area contributed by atoms with Crippen molar-refractivity contribution in [1.82, 2.24) is 10.6 Å². The number of carbonyl (C=O) groups excluding carboxylic acids is 2. The van der Waals surface area contributed by atoms with E-state index >= 15 is 0 Å². The third-order valence-electron chi connectivity index (χ3n) is 7.95. The SMILES string of the molecule is COCC(=O)N[C@H]1CC[C@@]2(C)CC[C@@H]([C@H](C)C(=O)NCc3ccc(F)cc3)[C@H](O)[C@H]2[C@H]1C. The Kier molecular flexibility index (Phi) is 7.93. The van der Waals surface area contributed by atoms with Gasteiger partial charge in [0.2, 0.25) is 11.8 Å². The zero-order valence-corrected chi connectivity index (χ0v) is 19.6. The van der Waals surface area contributed by atoms with Gasteiger partial charge in [0, 0.05) is 25.6 Å². The standard InChI is InChI=1S/C25H37FN2O4/c1-15(24(31)27-13-17-5-7-18(26)8-6-17)19-9-11-25(3)12-10-20(28-21(29)14-32-4)16(2)22(25)23(19)30/h5-8,15-16,19-20,22-23,30H,9-14H2,1-4H3,(H,27,31)(H,28,29)/t15-,16-,19-,20-,22+,23-,25+/m0/s1. The van der Waals surface area contributed by atoms with Crippen LogP contribution in [0, 0.1) is 34.9 Å². The van der Waals surface area contributed by atoms with Gasteiger partial charge >= 0.3 is 0 Å². The summed E-state index contributed by atoms with van der Waals surface area (Å²) in [5.41, 5.74) is 0.835. The van der Waals surface area contributed by atoms with Crippen molar-refractivity contribution in [2.75, 3.05) is 13.7 Å². The molecule has 1 aromatic rings. The number of hydrogen-bond acceptors (Lipinski definition) is 4. The molecule has 6 nitrogen and oxygen atoms in total. The third kappa shape index (κ3) is 5.31. The molecule has 0 heterocycles. The van der Waals surface area contributed by atoms with Gasteiger partial charge in [-0.25, -0.2) is 4.39 Å². The fraction of sp³-hybridized carbons (Fsp3) is 0.680. The number of amides is 2. The van der Waals surface area contributed by atoms with Gasteiger partial charge in [0.15, 0.2) is 0 Å². The molecule has 2 saturated carbocycles. The molecule has 2 aliphatic carbocycles. The molecular formula is C25H37FN2O4. The lowest BCUT2D eigenvalue weighted by molar-refractivity contribution is -0.144. The molecule has 7 atom stereocenters. The van der Waals surface area contributed by atoms with Crippen LogP contribution in [0.5, 0.6) is 0 Å². The first kappa shape index (κ1) is 24.6. The van der Waals surface area contributed by atoms with E-state index in [1.165, 1.54) is 19.2 Å². The zero-order valence-electron chi connectivity index (χ0n) is 19.6. The van der Waals surface area contributed by atoms with Crippen LogP contribution in [-0.4, -0.2) is 42.8 Å². The highest BCUT2D eigenvalue weighted by Crippen LogP contribution is 2.55. The second kappa shape index (κ2) is 10.3. The number of aliphatic hydroxyl groups is 1. The van der Waals surface area contributed by atoms with Gasteiger partial charge in [-0.3, -0.25) is 9.59 Å². The smallest absolute Gasteiger partial charge is 0.246 e. The van der Waals surface area contributed by atoms with Crippen molar-refractivity contribution in [1.29, 1.82) is 0 Å². The summed E-state index contributed by atoms with van der Waals surface area (Å²) < 4.78 is 18.0. The molecular weight excluding hydrogens is 411 g/mol. The summed E-state index contributed by atoms with van der Waals surface area (Å²) in [5, 5.41) is 17.4. The molecule has 0 saturated heterocycles. The number of carbonyl (C=O) groups is 2. The number of rotatable bonds is 7. The van der Waals surface area contributed by atoms with E-state index in [9.17, 15) is 19.1 Å². The fourth-order valence-corrected chi connectivity index (χ4v) is 6.02. The van der Waals surface area contributed by atoms with Gasteiger partial charge in [-0.2, -0.15) is 0 Å². The number of aliphatic hydroxyl groups excluding tert-OH is 1. The van der Waals surface area contributed by atoms with Crippen LogP contribution in [0.4, 0.5) is 4.39 Å². The molecule has 0 aromatic heterocycles. The maximum atomic E-state index is 13.1. The Balaban J connectivity index is 1.65. The van der Waals surface area contributed by atoms with Crippen LogP contribution in [0.1, 0.15) is 52.0 Å². The lowest BCUT2D eigenvalue weighted by atomic mass is 9.51. The van der Waals surface area contributed by atoms with Crippen molar-refractivity contribution >= 4 is 11.8 Å².